The van der Waals surface area contributed by atoms with Gasteiger partial charge in [0, 0.05) is 55.0 Å². The monoisotopic (exact) mass is 497 g/mol. The molecule has 0 bridgehead atoms. The Balaban J connectivity index is 0.00000288. The van der Waals surface area contributed by atoms with Crippen LogP contribution in [0.4, 0.5) is 0 Å². The number of aromatic nitrogens is 2. The Morgan fingerprint density at radius 3 is 2.79 bits per heavy atom. The smallest absolute Gasteiger partial charge is 0.190 e. The lowest BCUT2D eigenvalue weighted by Gasteiger charge is -2.10. The highest BCUT2D eigenvalue weighted by atomic mass is 127. The van der Waals surface area contributed by atoms with Gasteiger partial charge in [0.05, 0.1) is 5.01 Å². The molecule has 2 aromatic rings. The SMILES string of the molecule is CCc1cnc(CCNC(=NC)NCCCSc2nccs2)s1.I. The maximum absolute atomic E-state index is 4.43. The van der Waals surface area contributed by atoms with Gasteiger partial charge in [-0.15, -0.1) is 46.7 Å². The van der Waals surface area contributed by atoms with Gasteiger partial charge in [0.25, 0.3) is 0 Å². The van der Waals surface area contributed by atoms with E-state index in [-0.39, 0.29) is 24.0 Å². The number of aliphatic imine (C=N–C) groups is 1. The van der Waals surface area contributed by atoms with Crippen LogP contribution in [0.15, 0.2) is 27.1 Å². The number of rotatable bonds is 9. The molecule has 0 amide bonds. The second kappa shape index (κ2) is 12.9. The number of nitrogens with one attached hydrogen (secondary N) is 2. The number of nitrogens with zero attached hydrogens (tertiary/aromatic N) is 3. The number of guanidine groups is 1. The number of halogens is 1. The molecule has 0 saturated carbocycles. The van der Waals surface area contributed by atoms with Crippen molar-refractivity contribution in [3.63, 3.8) is 0 Å². The molecule has 5 nitrogen and oxygen atoms in total. The largest absolute Gasteiger partial charge is 0.356 e. The molecule has 134 valence electrons. The van der Waals surface area contributed by atoms with Crippen LogP contribution in [0.1, 0.15) is 23.2 Å². The molecule has 2 heterocycles. The van der Waals surface area contributed by atoms with Gasteiger partial charge in [-0.05, 0) is 12.8 Å². The molecule has 2 rings (SSSR count). The number of thioether (sulfide) groups is 1. The predicted molar refractivity (Wildman–Crippen MR) is 117 cm³/mol. The van der Waals surface area contributed by atoms with E-state index < -0.39 is 0 Å². The number of hydrogen-bond acceptors (Lipinski definition) is 6. The van der Waals surface area contributed by atoms with Crippen LogP contribution < -0.4 is 10.6 Å². The second-order valence-electron chi connectivity index (χ2n) is 4.75. The number of aryl methyl sites for hydroxylation is 1. The summed E-state index contributed by atoms with van der Waals surface area (Å²) in [6, 6.07) is 0. The molecule has 9 heteroatoms. The van der Waals surface area contributed by atoms with Crippen LogP contribution >= 0.6 is 58.4 Å². The summed E-state index contributed by atoms with van der Waals surface area (Å²) in [5.41, 5.74) is 0. The van der Waals surface area contributed by atoms with Crippen molar-refractivity contribution in [3.05, 3.63) is 27.7 Å². The van der Waals surface area contributed by atoms with Gasteiger partial charge in [0.1, 0.15) is 4.34 Å². The fourth-order valence-corrected chi connectivity index (χ4v) is 4.36. The Labute approximate surface area is 173 Å². The van der Waals surface area contributed by atoms with Crippen molar-refractivity contribution in [2.75, 3.05) is 25.9 Å². The van der Waals surface area contributed by atoms with E-state index in [1.165, 1.54) is 9.88 Å². The molecule has 0 aliphatic heterocycles. The van der Waals surface area contributed by atoms with Crippen molar-refractivity contribution < 1.29 is 0 Å². The molecule has 0 aromatic carbocycles. The predicted octanol–water partition coefficient (Wildman–Crippen LogP) is 3.67. The summed E-state index contributed by atoms with van der Waals surface area (Å²) in [6.07, 6.45) is 6.91. The molecular weight excluding hydrogens is 473 g/mol. The normalized spacial score (nSPS) is 11.2. The third kappa shape index (κ3) is 8.13. The van der Waals surface area contributed by atoms with Crippen LogP contribution in [0.5, 0.6) is 0 Å². The van der Waals surface area contributed by atoms with E-state index in [1.54, 1.807) is 41.5 Å². The van der Waals surface area contributed by atoms with Crippen LogP contribution in [-0.4, -0.2) is 41.8 Å². The van der Waals surface area contributed by atoms with E-state index in [2.05, 4.69) is 32.5 Å². The van der Waals surface area contributed by atoms with E-state index in [4.69, 9.17) is 0 Å². The third-order valence-electron chi connectivity index (χ3n) is 3.05. The molecule has 0 unspecified atom stereocenters. The van der Waals surface area contributed by atoms with Crippen molar-refractivity contribution in [2.24, 2.45) is 4.99 Å². The Bertz CT molecular complexity index is 586. The first-order valence-electron chi connectivity index (χ1n) is 7.72. The van der Waals surface area contributed by atoms with Crippen LogP contribution in [0.3, 0.4) is 0 Å². The van der Waals surface area contributed by atoms with Crippen LogP contribution in [-0.2, 0) is 12.8 Å². The van der Waals surface area contributed by atoms with Crippen molar-refractivity contribution in [1.29, 1.82) is 0 Å². The minimum atomic E-state index is 0. The third-order valence-corrected chi connectivity index (χ3v) is 6.31. The molecule has 2 aromatic heterocycles. The minimum absolute atomic E-state index is 0. The van der Waals surface area contributed by atoms with Gasteiger partial charge in [0.2, 0.25) is 0 Å². The summed E-state index contributed by atoms with van der Waals surface area (Å²) in [7, 11) is 1.80. The van der Waals surface area contributed by atoms with Gasteiger partial charge < -0.3 is 10.6 Å². The summed E-state index contributed by atoms with van der Waals surface area (Å²) in [6.45, 7) is 3.92. The molecule has 0 aliphatic rings. The van der Waals surface area contributed by atoms with Gasteiger partial charge in [-0.1, -0.05) is 18.7 Å². The molecular formula is C15H24IN5S3. The van der Waals surface area contributed by atoms with Gasteiger partial charge in [-0.3, -0.25) is 4.99 Å². The van der Waals surface area contributed by atoms with Crippen LogP contribution in [0, 0.1) is 0 Å². The average molecular weight is 497 g/mol. The van der Waals surface area contributed by atoms with Crippen molar-refractivity contribution >= 4 is 64.4 Å². The summed E-state index contributed by atoms with van der Waals surface area (Å²) in [4.78, 5) is 14.3. The fraction of sp³-hybridized carbons (Fsp3) is 0.533. The van der Waals surface area contributed by atoms with Gasteiger partial charge in [0.15, 0.2) is 5.96 Å². The maximum atomic E-state index is 4.43. The Morgan fingerprint density at radius 1 is 1.29 bits per heavy atom. The topological polar surface area (TPSA) is 62.2 Å². The molecule has 0 saturated heterocycles. The number of hydrogen-bond donors (Lipinski definition) is 2. The summed E-state index contributed by atoms with van der Waals surface area (Å²) in [5, 5.41) is 9.88. The van der Waals surface area contributed by atoms with Gasteiger partial charge >= 0.3 is 0 Å². The summed E-state index contributed by atoms with van der Waals surface area (Å²) in [5.74, 6) is 1.92. The number of thiazole rings is 2. The molecule has 0 spiro atoms. The zero-order chi connectivity index (χ0) is 16.3. The quantitative estimate of drug-likeness (QED) is 0.182. The molecule has 2 N–H and O–H groups in total. The molecule has 0 fully saturated rings. The fourth-order valence-electron chi connectivity index (χ4n) is 1.86. The van der Waals surface area contributed by atoms with Crippen molar-refractivity contribution in [3.8, 4) is 0 Å². The Hall–Kier alpha value is -0.390. The lowest BCUT2D eigenvalue weighted by Crippen LogP contribution is -2.38. The first kappa shape index (κ1) is 21.7. The average Bonchev–Trinajstić information content (AvgIpc) is 3.24. The molecule has 0 atom stereocenters. The van der Waals surface area contributed by atoms with Crippen molar-refractivity contribution in [2.45, 2.75) is 30.5 Å². The second-order valence-corrected chi connectivity index (χ2v) is 8.19. The standard InChI is InChI=1S/C15H23N5S3.HI/c1-3-12-11-20-13(23-12)5-7-18-14(16-2)17-6-4-9-21-15-19-8-10-22-15;/h8,10-11H,3-7,9H2,1-2H3,(H2,16,17,18);1H. The van der Waals surface area contributed by atoms with Crippen molar-refractivity contribution in [1.82, 2.24) is 20.6 Å². The van der Waals surface area contributed by atoms with E-state index in [0.29, 0.717) is 0 Å². The van der Waals surface area contributed by atoms with Crippen LogP contribution in [0.2, 0.25) is 0 Å². The first-order chi connectivity index (χ1) is 11.3. The molecule has 0 radical (unpaired) electrons. The highest BCUT2D eigenvalue weighted by Gasteiger charge is 2.02. The zero-order valence-electron chi connectivity index (χ0n) is 13.9. The highest BCUT2D eigenvalue weighted by Crippen LogP contribution is 2.20. The first-order valence-corrected chi connectivity index (χ1v) is 10.4. The summed E-state index contributed by atoms with van der Waals surface area (Å²) < 4.78 is 1.14. The molecule has 24 heavy (non-hydrogen) atoms. The lowest BCUT2D eigenvalue weighted by molar-refractivity contribution is 0.775. The minimum Gasteiger partial charge on any atom is -0.356 e. The lowest BCUT2D eigenvalue weighted by atomic mass is 10.4. The highest BCUT2D eigenvalue weighted by molar-refractivity contribution is 14.0. The molecule has 0 aliphatic carbocycles. The van der Waals surface area contributed by atoms with E-state index in [0.717, 1.165) is 48.4 Å². The zero-order valence-corrected chi connectivity index (χ0v) is 18.7. The van der Waals surface area contributed by atoms with E-state index >= 15 is 0 Å². The van der Waals surface area contributed by atoms with Gasteiger partial charge in [-0.2, -0.15) is 0 Å². The Morgan fingerprint density at radius 2 is 2.12 bits per heavy atom. The van der Waals surface area contributed by atoms with E-state index in [1.807, 2.05) is 17.8 Å². The van der Waals surface area contributed by atoms with Gasteiger partial charge in [-0.25, -0.2) is 9.97 Å². The summed E-state index contributed by atoms with van der Waals surface area (Å²) >= 11 is 5.30. The maximum Gasteiger partial charge on any atom is 0.190 e. The van der Waals surface area contributed by atoms with Crippen LogP contribution in [0.25, 0.3) is 0 Å². The Kier molecular flexibility index (Phi) is 11.6. The van der Waals surface area contributed by atoms with E-state index in [9.17, 15) is 0 Å².